The molecule has 1 aromatic heterocycles. The van der Waals surface area contributed by atoms with Crippen molar-refractivity contribution in [1.29, 1.82) is 0 Å². The van der Waals surface area contributed by atoms with Gasteiger partial charge in [0.05, 0.1) is 30.6 Å². The van der Waals surface area contributed by atoms with Crippen LogP contribution in [0.25, 0.3) is 10.9 Å². The standard InChI is InChI=1S/C22H22F3N3OS.C7H14FN.2C2H6/c1-26-18-7-4-8-20-17(18)12-15(28(20)14-22(23,24)25)6-5-11-27-19-10-9-16(30-3)13-21(19)29-2;1-6-3-4-9(2)5-7(6)8;2*1-2/h4,7-10,12-13,26-27H,11,14H2,1-3H3;6-7H,3-5H2,1-2H3;2*1-2H3. The predicted octanol–water partition coefficient (Wildman–Crippen LogP) is 8.79. The first-order valence-electron chi connectivity index (χ1n) is 14.7. The Hall–Kier alpha value is -3.03. The van der Waals surface area contributed by atoms with Gasteiger partial charge in [-0.05, 0) is 74.5 Å². The molecular formula is C33H48F4N4OS. The Bertz CT molecular complexity index is 1300. The molecule has 0 spiro atoms. The van der Waals surface area contributed by atoms with Crippen molar-refractivity contribution in [2.75, 3.05) is 57.7 Å². The number of fused-ring (bicyclic) bond motifs is 1. The van der Waals surface area contributed by atoms with Crippen LogP contribution in [0.5, 0.6) is 5.75 Å². The molecule has 0 saturated carbocycles. The molecule has 4 rings (SSSR count). The lowest BCUT2D eigenvalue weighted by molar-refractivity contribution is -0.140. The van der Waals surface area contributed by atoms with Gasteiger partial charge in [-0.1, -0.05) is 46.6 Å². The van der Waals surface area contributed by atoms with E-state index in [1.54, 1.807) is 44.1 Å². The van der Waals surface area contributed by atoms with E-state index >= 15 is 0 Å². The maximum Gasteiger partial charge on any atom is 0.406 e. The smallest absolute Gasteiger partial charge is 0.406 e. The molecular weight excluding hydrogens is 576 g/mol. The number of nitrogens with one attached hydrogen (secondary N) is 2. The highest BCUT2D eigenvalue weighted by Crippen LogP contribution is 2.31. The van der Waals surface area contributed by atoms with Gasteiger partial charge in [-0.3, -0.25) is 0 Å². The van der Waals surface area contributed by atoms with Crippen molar-refractivity contribution in [2.45, 2.75) is 64.8 Å². The van der Waals surface area contributed by atoms with Crippen LogP contribution in [0, 0.1) is 17.8 Å². The molecule has 3 aromatic rings. The molecule has 2 atom stereocenters. The Kier molecular flexibility index (Phi) is 17.0. The van der Waals surface area contributed by atoms with Crippen molar-refractivity contribution in [3.05, 3.63) is 48.2 Å². The van der Waals surface area contributed by atoms with Crippen molar-refractivity contribution in [3.8, 4) is 17.6 Å². The van der Waals surface area contributed by atoms with Crippen LogP contribution in [0.1, 0.15) is 46.7 Å². The zero-order chi connectivity index (χ0) is 32.6. The summed E-state index contributed by atoms with van der Waals surface area (Å²) < 4.78 is 58.8. The van der Waals surface area contributed by atoms with E-state index in [9.17, 15) is 17.6 Å². The summed E-state index contributed by atoms with van der Waals surface area (Å²) in [6.07, 6.45) is -1.95. The highest BCUT2D eigenvalue weighted by Gasteiger charge is 2.30. The summed E-state index contributed by atoms with van der Waals surface area (Å²) in [4.78, 5) is 3.12. The average molecular weight is 625 g/mol. The Morgan fingerprint density at radius 3 is 2.33 bits per heavy atom. The normalized spacial score (nSPS) is 16.2. The third-order valence-electron chi connectivity index (χ3n) is 6.61. The number of benzene rings is 2. The van der Waals surface area contributed by atoms with Gasteiger partial charge in [-0.2, -0.15) is 13.2 Å². The summed E-state index contributed by atoms with van der Waals surface area (Å²) in [6, 6.07) is 12.7. The number of halogens is 4. The van der Waals surface area contributed by atoms with E-state index in [-0.39, 0.29) is 12.5 Å². The van der Waals surface area contributed by atoms with Crippen molar-refractivity contribution < 1.29 is 22.3 Å². The van der Waals surface area contributed by atoms with Gasteiger partial charge in [0.2, 0.25) is 0 Å². The van der Waals surface area contributed by atoms with Crippen molar-refractivity contribution in [3.63, 3.8) is 0 Å². The zero-order valence-corrected chi connectivity index (χ0v) is 27.8. The molecule has 2 heterocycles. The van der Waals surface area contributed by atoms with Gasteiger partial charge in [0.1, 0.15) is 18.5 Å². The Labute approximate surface area is 259 Å². The molecule has 0 radical (unpaired) electrons. The summed E-state index contributed by atoms with van der Waals surface area (Å²) in [5.74, 6) is 6.78. The van der Waals surface area contributed by atoms with E-state index in [0.29, 0.717) is 28.9 Å². The van der Waals surface area contributed by atoms with Crippen molar-refractivity contribution >= 4 is 34.0 Å². The molecule has 0 bridgehead atoms. The van der Waals surface area contributed by atoms with Gasteiger partial charge in [0, 0.05) is 29.6 Å². The monoisotopic (exact) mass is 624 g/mol. The summed E-state index contributed by atoms with van der Waals surface area (Å²) in [7, 11) is 5.30. The first-order chi connectivity index (χ1) is 20.6. The SMILES string of the molecule is CC.CC.CC1CCN(C)CC1F.CNc1cccc2c1cc(C#CCNc1ccc(SC)cc1OC)n2CC(F)(F)F. The minimum Gasteiger partial charge on any atom is -0.495 e. The Morgan fingerprint density at radius 2 is 1.77 bits per heavy atom. The van der Waals surface area contributed by atoms with Crippen LogP contribution in [0.4, 0.5) is 28.9 Å². The molecule has 0 amide bonds. The quantitative estimate of drug-likeness (QED) is 0.163. The third kappa shape index (κ3) is 11.9. The third-order valence-corrected chi connectivity index (χ3v) is 7.34. The lowest BCUT2D eigenvalue weighted by Gasteiger charge is -2.29. The second-order valence-corrected chi connectivity index (χ2v) is 10.4. The van der Waals surface area contributed by atoms with E-state index in [1.807, 2.05) is 77.1 Å². The number of alkyl halides is 4. The van der Waals surface area contributed by atoms with Crippen LogP contribution in [0.15, 0.2) is 47.4 Å². The maximum atomic E-state index is 13.2. The first-order valence-corrected chi connectivity index (χ1v) is 15.9. The van der Waals surface area contributed by atoms with Gasteiger partial charge < -0.3 is 24.8 Å². The average Bonchev–Trinajstić information content (AvgIpc) is 3.35. The number of nitrogens with zero attached hydrogens (tertiary/aromatic N) is 2. The van der Waals surface area contributed by atoms with Crippen LogP contribution >= 0.6 is 11.8 Å². The summed E-state index contributed by atoms with van der Waals surface area (Å²) in [5, 5.41) is 6.88. The largest absolute Gasteiger partial charge is 0.495 e. The molecule has 2 aromatic carbocycles. The van der Waals surface area contributed by atoms with E-state index in [2.05, 4.69) is 22.5 Å². The number of rotatable bonds is 6. The van der Waals surface area contributed by atoms with Gasteiger partial charge in [-0.25, -0.2) is 4.39 Å². The van der Waals surface area contributed by atoms with Gasteiger partial charge >= 0.3 is 6.18 Å². The predicted molar refractivity (Wildman–Crippen MR) is 177 cm³/mol. The minimum atomic E-state index is -4.34. The van der Waals surface area contributed by atoms with Crippen molar-refractivity contribution in [2.24, 2.45) is 5.92 Å². The lowest BCUT2D eigenvalue weighted by atomic mass is 9.98. The fraction of sp³-hybridized carbons (Fsp3) is 0.515. The Morgan fingerprint density at radius 1 is 1.07 bits per heavy atom. The van der Waals surface area contributed by atoms with E-state index in [0.717, 1.165) is 29.2 Å². The molecule has 1 saturated heterocycles. The molecule has 10 heteroatoms. The van der Waals surface area contributed by atoms with Gasteiger partial charge in [-0.15, -0.1) is 11.8 Å². The Balaban J connectivity index is 0.000000597. The number of aromatic nitrogens is 1. The maximum absolute atomic E-state index is 13.2. The second-order valence-electron chi connectivity index (χ2n) is 9.49. The first kappa shape index (κ1) is 38.0. The van der Waals surface area contributed by atoms with Gasteiger partial charge in [0.25, 0.3) is 0 Å². The second kappa shape index (κ2) is 19.3. The summed E-state index contributed by atoms with van der Waals surface area (Å²) >= 11 is 1.61. The van der Waals surface area contributed by atoms with Crippen LogP contribution in [0.3, 0.4) is 0 Å². The van der Waals surface area contributed by atoms with E-state index in [4.69, 9.17) is 4.74 Å². The van der Waals surface area contributed by atoms with Crippen molar-refractivity contribution in [1.82, 2.24) is 9.47 Å². The fourth-order valence-corrected chi connectivity index (χ4v) is 4.78. The van der Waals surface area contributed by atoms with Crippen LogP contribution in [-0.2, 0) is 6.54 Å². The topological polar surface area (TPSA) is 41.5 Å². The molecule has 1 aliphatic rings. The number of hydrogen-bond acceptors (Lipinski definition) is 5. The number of likely N-dealkylation sites (tertiary alicyclic amines) is 1. The molecule has 5 nitrogen and oxygen atoms in total. The molecule has 43 heavy (non-hydrogen) atoms. The van der Waals surface area contributed by atoms with E-state index < -0.39 is 18.9 Å². The fourth-order valence-electron chi connectivity index (χ4n) is 4.35. The number of piperidine rings is 1. The van der Waals surface area contributed by atoms with Gasteiger partial charge in [0.15, 0.2) is 0 Å². The highest BCUT2D eigenvalue weighted by molar-refractivity contribution is 7.98. The number of methoxy groups -OCH3 is 1. The minimum absolute atomic E-state index is 0.265. The number of thioether (sulfide) groups is 1. The molecule has 1 aliphatic heterocycles. The van der Waals surface area contributed by atoms with Crippen LogP contribution < -0.4 is 15.4 Å². The summed E-state index contributed by atoms with van der Waals surface area (Å²) in [6.45, 7) is 10.8. The molecule has 240 valence electrons. The number of ether oxygens (including phenoxy) is 1. The molecule has 2 unspecified atom stereocenters. The molecule has 0 aliphatic carbocycles. The number of hydrogen-bond donors (Lipinski definition) is 2. The molecule has 2 N–H and O–H groups in total. The lowest BCUT2D eigenvalue weighted by Crippen LogP contribution is -2.38. The summed E-state index contributed by atoms with van der Waals surface area (Å²) in [5.41, 5.74) is 2.34. The van der Waals surface area contributed by atoms with Crippen LogP contribution in [-0.4, -0.2) is 68.9 Å². The van der Waals surface area contributed by atoms with Crippen LogP contribution in [0.2, 0.25) is 0 Å². The zero-order valence-electron chi connectivity index (χ0n) is 27.0. The van der Waals surface area contributed by atoms with E-state index in [1.165, 1.54) is 4.57 Å². The highest BCUT2D eigenvalue weighted by atomic mass is 32.2. The number of anilines is 2. The molecule has 1 fully saturated rings.